The third-order valence-electron chi connectivity index (χ3n) is 3.27. The molecule has 1 N–H and O–H groups in total. The summed E-state index contributed by atoms with van der Waals surface area (Å²) >= 11 is 0. The van der Waals surface area contributed by atoms with Crippen LogP contribution in [0.5, 0.6) is 0 Å². The van der Waals surface area contributed by atoms with Crippen LogP contribution in [0.3, 0.4) is 0 Å². The van der Waals surface area contributed by atoms with Crippen LogP contribution in [-0.2, 0) is 10.8 Å². The number of hydrogen-bond donors (Lipinski definition) is 1. The fourth-order valence-electron chi connectivity index (χ4n) is 2.06. The first-order chi connectivity index (χ1) is 10.2. The normalized spacial score (nSPS) is 17.5. The molecule has 0 spiro atoms. The van der Waals surface area contributed by atoms with Gasteiger partial charge in [0.15, 0.2) is 0 Å². The van der Waals surface area contributed by atoms with Gasteiger partial charge in [-0.1, -0.05) is 0 Å². The molecule has 3 nitrogen and oxygen atoms in total. The number of nitrogens with zero attached hydrogens (tertiary/aromatic N) is 1. The van der Waals surface area contributed by atoms with E-state index in [1.54, 1.807) is 7.05 Å². The van der Waals surface area contributed by atoms with E-state index < -0.39 is 28.5 Å². The quantitative estimate of drug-likeness (QED) is 0.518. The van der Waals surface area contributed by atoms with E-state index >= 15 is 0 Å². The molecule has 0 amide bonds. The Morgan fingerprint density at radius 1 is 1.41 bits per heavy atom. The Bertz CT molecular complexity index is 624. The van der Waals surface area contributed by atoms with Gasteiger partial charge < -0.3 is 5.32 Å². The number of alkyl halides is 3. The first kappa shape index (κ1) is 16.9. The second-order valence-corrected chi connectivity index (χ2v) is 6.63. The molecule has 1 aliphatic carbocycles. The molecular formula is C14H16F4N2OS. The van der Waals surface area contributed by atoms with Crippen LogP contribution >= 0.6 is 0 Å². The molecule has 0 aromatic heterocycles. The molecule has 0 saturated heterocycles. The maximum Gasteiger partial charge on any atom is 0.400 e. The maximum atomic E-state index is 14.0. The van der Waals surface area contributed by atoms with Crippen molar-refractivity contribution in [2.75, 3.05) is 18.1 Å². The van der Waals surface area contributed by atoms with E-state index in [-0.39, 0.29) is 22.1 Å². The minimum Gasteiger partial charge on any atom is -0.341 e. The van der Waals surface area contributed by atoms with Crippen LogP contribution in [0.4, 0.5) is 23.2 Å². The monoisotopic (exact) mass is 336 g/mol. The van der Waals surface area contributed by atoms with Gasteiger partial charge in [0.2, 0.25) is 0 Å². The summed E-state index contributed by atoms with van der Waals surface area (Å²) < 4.78 is 63.0. The van der Waals surface area contributed by atoms with Crippen molar-refractivity contribution in [1.82, 2.24) is 0 Å². The summed E-state index contributed by atoms with van der Waals surface area (Å²) in [4.78, 5) is 4.00. The number of aryl methyl sites for hydroxylation is 1. The fraction of sp³-hybridized carbons (Fsp3) is 0.500. The standard InChI is InChI=1S/C14H16F4N2OS/c1-8-5-10(15)11(20-13(19-2)9-3-4-9)6-12(8)22(21)7-14(16,17)18/h5-6,9H,3-4,7H2,1-2H3,(H,19,20). The van der Waals surface area contributed by atoms with Crippen LogP contribution in [-0.4, -0.2) is 29.0 Å². The van der Waals surface area contributed by atoms with Gasteiger partial charge in [-0.15, -0.1) is 0 Å². The third-order valence-corrected chi connectivity index (χ3v) is 4.79. The van der Waals surface area contributed by atoms with E-state index in [1.165, 1.54) is 13.0 Å². The minimum atomic E-state index is -4.54. The molecule has 1 fully saturated rings. The molecule has 1 aromatic rings. The summed E-state index contributed by atoms with van der Waals surface area (Å²) in [7, 11) is -0.701. The van der Waals surface area contributed by atoms with Gasteiger partial charge in [0.05, 0.1) is 16.5 Å². The zero-order chi connectivity index (χ0) is 16.5. The van der Waals surface area contributed by atoms with E-state index in [9.17, 15) is 21.8 Å². The molecule has 122 valence electrons. The van der Waals surface area contributed by atoms with Gasteiger partial charge in [-0.05, 0) is 37.5 Å². The highest BCUT2D eigenvalue weighted by atomic mass is 32.2. The van der Waals surface area contributed by atoms with Gasteiger partial charge in [0.25, 0.3) is 0 Å². The molecule has 0 aliphatic heterocycles. The zero-order valence-electron chi connectivity index (χ0n) is 12.1. The molecule has 22 heavy (non-hydrogen) atoms. The highest BCUT2D eigenvalue weighted by Gasteiger charge is 2.32. The summed E-state index contributed by atoms with van der Waals surface area (Å²) in [6.45, 7) is 1.44. The summed E-state index contributed by atoms with van der Waals surface area (Å²) in [6, 6.07) is 2.27. The summed E-state index contributed by atoms with van der Waals surface area (Å²) in [5.41, 5.74) is 0.232. The topological polar surface area (TPSA) is 41.5 Å². The van der Waals surface area contributed by atoms with Gasteiger partial charge in [0.1, 0.15) is 17.4 Å². The number of nitrogens with one attached hydrogen (secondary N) is 1. The Kier molecular flexibility index (Phi) is 4.89. The molecule has 8 heteroatoms. The first-order valence-electron chi connectivity index (χ1n) is 6.70. The maximum absolute atomic E-state index is 14.0. The molecule has 1 unspecified atom stereocenters. The average molecular weight is 336 g/mol. The lowest BCUT2D eigenvalue weighted by Gasteiger charge is -2.14. The van der Waals surface area contributed by atoms with Crippen molar-refractivity contribution in [3.05, 3.63) is 23.5 Å². The number of halogens is 4. The van der Waals surface area contributed by atoms with Crippen molar-refractivity contribution in [2.45, 2.75) is 30.8 Å². The fourth-order valence-corrected chi connectivity index (χ4v) is 3.18. The van der Waals surface area contributed by atoms with Gasteiger partial charge in [-0.2, -0.15) is 13.2 Å². The summed E-state index contributed by atoms with van der Waals surface area (Å²) in [6.07, 6.45) is -2.65. The number of aliphatic imine (C=N–C) groups is 1. The zero-order valence-corrected chi connectivity index (χ0v) is 12.9. The van der Waals surface area contributed by atoms with Gasteiger partial charge >= 0.3 is 6.18 Å². The number of benzene rings is 1. The molecule has 0 heterocycles. The predicted molar refractivity (Wildman–Crippen MR) is 78.2 cm³/mol. The Morgan fingerprint density at radius 2 is 2.05 bits per heavy atom. The van der Waals surface area contributed by atoms with E-state index in [2.05, 4.69) is 10.3 Å². The van der Waals surface area contributed by atoms with Crippen LogP contribution in [0, 0.1) is 18.7 Å². The van der Waals surface area contributed by atoms with Crippen LogP contribution < -0.4 is 5.32 Å². The summed E-state index contributed by atoms with van der Waals surface area (Å²) in [5.74, 6) is -1.23. The van der Waals surface area contributed by atoms with Crippen LogP contribution in [0.25, 0.3) is 0 Å². The summed E-state index contributed by atoms with van der Waals surface area (Å²) in [5, 5.41) is 2.80. The van der Waals surface area contributed by atoms with Gasteiger partial charge in [0, 0.05) is 17.9 Å². The van der Waals surface area contributed by atoms with Crippen LogP contribution in [0.1, 0.15) is 18.4 Å². The molecular weight excluding hydrogens is 320 g/mol. The molecule has 1 aliphatic rings. The van der Waals surface area contributed by atoms with Crippen molar-refractivity contribution in [3.8, 4) is 0 Å². The van der Waals surface area contributed by atoms with Gasteiger partial charge in [-0.3, -0.25) is 9.20 Å². The first-order valence-corrected chi connectivity index (χ1v) is 8.02. The lowest BCUT2D eigenvalue weighted by Crippen LogP contribution is -2.20. The molecule has 0 bridgehead atoms. The number of amidine groups is 1. The Hall–Kier alpha value is -1.44. The largest absolute Gasteiger partial charge is 0.400 e. The molecule has 1 aromatic carbocycles. The van der Waals surface area contributed by atoms with E-state index in [0.29, 0.717) is 5.84 Å². The Morgan fingerprint density at radius 3 is 2.55 bits per heavy atom. The number of anilines is 1. The van der Waals surface area contributed by atoms with Crippen LogP contribution in [0.2, 0.25) is 0 Å². The minimum absolute atomic E-state index is 0.00336. The highest BCUT2D eigenvalue weighted by molar-refractivity contribution is 7.85. The van der Waals surface area contributed by atoms with Crippen molar-refractivity contribution in [1.29, 1.82) is 0 Å². The molecule has 2 rings (SSSR count). The molecule has 1 saturated carbocycles. The van der Waals surface area contributed by atoms with Crippen molar-refractivity contribution < 1.29 is 21.8 Å². The molecule has 0 radical (unpaired) electrons. The van der Waals surface area contributed by atoms with Crippen molar-refractivity contribution >= 4 is 22.3 Å². The van der Waals surface area contributed by atoms with E-state index in [4.69, 9.17) is 0 Å². The SMILES string of the molecule is CN=C(Nc1cc(S(=O)CC(F)(F)F)c(C)cc1F)C1CC1. The number of hydrogen-bond acceptors (Lipinski definition) is 2. The van der Waals surface area contributed by atoms with Crippen molar-refractivity contribution in [3.63, 3.8) is 0 Å². The van der Waals surface area contributed by atoms with E-state index in [0.717, 1.165) is 18.9 Å². The lowest BCUT2D eigenvalue weighted by atomic mass is 10.2. The third kappa shape index (κ3) is 4.28. The van der Waals surface area contributed by atoms with E-state index in [1.807, 2.05) is 0 Å². The number of rotatable bonds is 4. The Labute approximate surface area is 128 Å². The van der Waals surface area contributed by atoms with Crippen LogP contribution in [0.15, 0.2) is 22.0 Å². The predicted octanol–water partition coefficient (Wildman–Crippen LogP) is 3.65. The smallest absolute Gasteiger partial charge is 0.341 e. The van der Waals surface area contributed by atoms with Gasteiger partial charge in [-0.25, -0.2) is 4.39 Å². The second kappa shape index (κ2) is 6.36. The average Bonchev–Trinajstić information content (AvgIpc) is 3.20. The lowest BCUT2D eigenvalue weighted by molar-refractivity contribution is -0.105. The molecule has 1 atom stereocenters. The second-order valence-electron chi connectivity index (χ2n) is 5.21. The van der Waals surface area contributed by atoms with Crippen molar-refractivity contribution in [2.24, 2.45) is 10.9 Å². The highest BCUT2D eigenvalue weighted by Crippen LogP contribution is 2.32. The Balaban J connectivity index is 2.28.